The van der Waals surface area contributed by atoms with E-state index >= 15 is 0 Å². The highest BCUT2D eigenvalue weighted by atomic mass is 19.3. The molecule has 0 radical (unpaired) electrons. The third-order valence-corrected chi connectivity index (χ3v) is 2.29. The minimum atomic E-state index is -2.25. The van der Waals surface area contributed by atoms with Crippen molar-refractivity contribution < 1.29 is 8.78 Å². The molecule has 2 aliphatic rings. The molecule has 2 rings (SSSR count). The average molecular weight is 175 g/mol. The maximum atomic E-state index is 12.4. The Morgan fingerprint density at radius 2 is 2.42 bits per heavy atom. The van der Waals surface area contributed by atoms with E-state index in [-0.39, 0.29) is 0 Å². The first-order valence-electron chi connectivity index (χ1n) is 4.12. The first kappa shape index (κ1) is 7.76. The third kappa shape index (κ3) is 1.13. The second-order valence-corrected chi connectivity index (χ2v) is 3.02. The first-order valence-corrected chi connectivity index (χ1v) is 4.12. The largest absolute Gasteiger partial charge is 0.354 e. The summed E-state index contributed by atoms with van der Waals surface area (Å²) in [7, 11) is 0. The van der Waals surface area contributed by atoms with Crippen LogP contribution in [0, 0.1) is 0 Å². The van der Waals surface area contributed by atoms with Gasteiger partial charge in [0.15, 0.2) is 5.96 Å². The van der Waals surface area contributed by atoms with Crippen molar-refractivity contribution in [2.45, 2.75) is 18.9 Å². The fraction of sp³-hybridized carbons (Fsp3) is 0.857. The van der Waals surface area contributed by atoms with E-state index in [1.54, 1.807) is 4.90 Å². The molecule has 0 aromatic carbocycles. The van der Waals surface area contributed by atoms with E-state index in [0.29, 0.717) is 25.5 Å². The van der Waals surface area contributed by atoms with Crippen molar-refractivity contribution in [3.63, 3.8) is 0 Å². The summed E-state index contributed by atoms with van der Waals surface area (Å²) in [5.74, 6) is 0.659. The van der Waals surface area contributed by atoms with Crippen molar-refractivity contribution in [1.29, 1.82) is 0 Å². The summed E-state index contributed by atoms with van der Waals surface area (Å²) in [6.07, 6.45) is -1.78. The van der Waals surface area contributed by atoms with Crippen LogP contribution in [0.5, 0.6) is 0 Å². The minimum absolute atomic E-state index is 0.475. The highest BCUT2D eigenvalue weighted by molar-refractivity contribution is 5.82. The number of halogens is 2. The van der Waals surface area contributed by atoms with E-state index in [1.165, 1.54) is 0 Å². The molecule has 0 amide bonds. The summed E-state index contributed by atoms with van der Waals surface area (Å²) < 4.78 is 24.9. The van der Waals surface area contributed by atoms with Crippen LogP contribution in [-0.2, 0) is 0 Å². The zero-order valence-corrected chi connectivity index (χ0v) is 6.63. The van der Waals surface area contributed by atoms with Crippen molar-refractivity contribution >= 4 is 5.96 Å². The molecule has 1 N–H and O–H groups in total. The second kappa shape index (κ2) is 2.88. The van der Waals surface area contributed by atoms with E-state index in [4.69, 9.17) is 0 Å². The van der Waals surface area contributed by atoms with Crippen LogP contribution >= 0.6 is 0 Å². The molecule has 2 heterocycles. The Balaban J connectivity index is 2.13. The van der Waals surface area contributed by atoms with Crippen LogP contribution in [0.15, 0.2) is 4.99 Å². The van der Waals surface area contributed by atoms with Gasteiger partial charge in [0.25, 0.3) is 6.43 Å². The summed E-state index contributed by atoms with van der Waals surface area (Å²) in [5, 5.41) is 2.99. The number of alkyl halides is 2. The van der Waals surface area contributed by atoms with Gasteiger partial charge < -0.3 is 10.2 Å². The van der Waals surface area contributed by atoms with Gasteiger partial charge in [0.2, 0.25) is 0 Å². The van der Waals surface area contributed by atoms with Crippen molar-refractivity contribution in [2.75, 3.05) is 19.6 Å². The molecule has 68 valence electrons. The van der Waals surface area contributed by atoms with Gasteiger partial charge in [0.1, 0.15) is 0 Å². The molecule has 0 aromatic rings. The fourth-order valence-electron chi connectivity index (χ4n) is 1.69. The molecule has 0 aliphatic carbocycles. The van der Waals surface area contributed by atoms with Gasteiger partial charge in [-0.1, -0.05) is 0 Å². The number of hydrogen-bond acceptors (Lipinski definition) is 3. The van der Waals surface area contributed by atoms with Crippen LogP contribution in [0.4, 0.5) is 8.78 Å². The van der Waals surface area contributed by atoms with Crippen LogP contribution in [0.3, 0.4) is 0 Å². The fourth-order valence-corrected chi connectivity index (χ4v) is 1.69. The smallest absolute Gasteiger partial charge is 0.258 e. The van der Waals surface area contributed by atoms with Crippen LogP contribution in [0.25, 0.3) is 0 Å². The minimum Gasteiger partial charge on any atom is -0.354 e. The number of nitrogens with one attached hydrogen (secondary N) is 1. The van der Waals surface area contributed by atoms with Gasteiger partial charge in [0.05, 0.1) is 6.04 Å². The molecule has 1 unspecified atom stereocenters. The van der Waals surface area contributed by atoms with Gasteiger partial charge in [-0.25, -0.2) is 8.78 Å². The summed E-state index contributed by atoms with van der Waals surface area (Å²) in [4.78, 5) is 5.80. The summed E-state index contributed by atoms with van der Waals surface area (Å²) in [5.41, 5.74) is 0. The first-order chi connectivity index (χ1) is 5.79. The maximum Gasteiger partial charge on any atom is 0.258 e. The summed E-state index contributed by atoms with van der Waals surface area (Å²) in [6, 6.07) is -0.618. The van der Waals surface area contributed by atoms with Gasteiger partial charge >= 0.3 is 0 Å². The normalized spacial score (nSPS) is 28.4. The standard InChI is InChI=1S/C7H11F2N3/c8-6(9)5-1-2-10-7-11-3-4-12(5)7/h5-6H,1-4H2,(H,10,11). The molecular weight excluding hydrogens is 164 g/mol. The molecule has 1 fully saturated rings. The lowest BCUT2D eigenvalue weighted by Crippen LogP contribution is -2.46. The van der Waals surface area contributed by atoms with Gasteiger partial charge in [-0.05, 0) is 6.42 Å². The topological polar surface area (TPSA) is 27.6 Å². The molecule has 3 nitrogen and oxygen atoms in total. The van der Waals surface area contributed by atoms with Gasteiger partial charge in [-0.2, -0.15) is 0 Å². The third-order valence-electron chi connectivity index (χ3n) is 2.29. The van der Waals surface area contributed by atoms with Gasteiger partial charge in [-0.15, -0.1) is 0 Å². The van der Waals surface area contributed by atoms with Crippen molar-refractivity contribution in [3.05, 3.63) is 0 Å². The van der Waals surface area contributed by atoms with E-state index in [2.05, 4.69) is 10.3 Å². The maximum absolute atomic E-state index is 12.4. The molecule has 2 aliphatic heterocycles. The van der Waals surface area contributed by atoms with E-state index in [0.717, 1.165) is 6.54 Å². The van der Waals surface area contributed by atoms with E-state index in [9.17, 15) is 8.78 Å². The Morgan fingerprint density at radius 3 is 3.17 bits per heavy atom. The predicted octanol–water partition coefficient (Wildman–Crippen LogP) is 0.285. The summed E-state index contributed by atoms with van der Waals surface area (Å²) in [6.45, 7) is 1.92. The Kier molecular flexibility index (Phi) is 1.86. The number of guanidine groups is 1. The molecule has 0 aromatic heterocycles. The molecule has 0 spiro atoms. The molecule has 5 heteroatoms. The highest BCUT2D eigenvalue weighted by Gasteiger charge is 2.34. The van der Waals surface area contributed by atoms with Crippen molar-refractivity contribution in [3.8, 4) is 0 Å². The van der Waals surface area contributed by atoms with E-state index in [1.807, 2.05) is 0 Å². The number of rotatable bonds is 1. The van der Waals surface area contributed by atoms with E-state index < -0.39 is 12.5 Å². The quantitative estimate of drug-likeness (QED) is 0.620. The molecular formula is C7H11F2N3. The number of nitrogens with zero attached hydrogens (tertiary/aromatic N) is 2. The number of hydrogen-bond donors (Lipinski definition) is 1. The van der Waals surface area contributed by atoms with Crippen LogP contribution < -0.4 is 5.32 Å². The monoisotopic (exact) mass is 175 g/mol. The Morgan fingerprint density at radius 1 is 1.58 bits per heavy atom. The molecule has 0 saturated carbocycles. The number of fused-ring (bicyclic) bond motifs is 1. The van der Waals surface area contributed by atoms with Gasteiger partial charge in [0, 0.05) is 19.6 Å². The Hall–Kier alpha value is -0.870. The lowest BCUT2D eigenvalue weighted by molar-refractivity contribution is 0.0542. The second-order valence-electron chi connectivity index (χ2n) is 3.02. The average Bonchev–Trinajstić information content (AvgIpc) is 2.49. The molecule has 12 heavy (non-hydrogen) atoms. The van der Waals surface area contributed by atoms with Crippen molar-refractivity contribution in [2.24, 2.45) is 4.99 Å². The zero-order chi connectivity index (χ0) is 8.55. The Bertz CT molecular complexity index is 205. The highest BCUT2D eigenvalue weighted by Crippen LogP contribution is 2.19. The van der Waals surface area contributed by atoms with Crippen LogP contribution in [-0.4, -0.2) is 43.0 Å². The predicted molar refractivity (Wildman–Crippen MR) is 41.4 cm³/mol. The SMILES string of the molecule is FC(F)C1CCN=C2NCCN21. The summed E-state index contributed by atoms with van der Waals surface area (Å²) >= 11 is 0. The molecule has 1 saturated heterocycles. The Labute approximate surface area is 69.5 Å². The van der Waals surface area contributed by atoms with Crippen molar-refractivity contribution in [1.82, 2.24) is 10.2 Å². The van der Waals surface area contributed by atoms with Crippen LogP contribution in [0.1, 0.15) is 6.42 Å². The molecule has 1 atom stereocenters. The number of aliphatic imine (C=N–C) groups is 1. The zero-order valence-electron chi connectivity index (χ0n) is 6.63. The lowest BCUT2D eigenvalue weighted by atomic mass is 10.1. The van der Waals surface area contributed by atoms with Crippen LogP contribution in [0.2, 0.25) is 0 Å². The lowest BCUT2D eigenvalue weighted by Gasteiger charge is -2.30. The van der Waals surface area contributed by atoms with Gasteiger partial charge in [-0.3, -0.25) is 4.99 Å². The molecule has 0 bridgehead atoms.